The van der Waals surface area contributed by atoms with Gasteiger partial charge in [0.15, 0.2) is 9.84 Å². The van der Waals surface area contributed by atoms with Crippen molar-refractivity contribution in [3.8, 4) is 0 Å². The zero-order valence-corrected chi connectivity index (χ0v) is 10.4. The summed E-state index contributed by atoms with van der Waals surface area (Å²) in [5, 5.41) is 0. The summed E-state index contributed by atoms with van der Waals surface area (Å²) in [5.74, 6) is 0.180. The molecular formula is C8H17NO4S2. The summed E-state index contributed by atoms with van der Waals surface area (Å²) in [5.41, 5.74) is 5.05. The van der Waals surface area contributed by atoms with E-state index in [0.717, 1.165) is 6.26 Å². The van der Waals surface area contributed by atoms with E-state index in [0.29, 0.717) is 12.8 Å². The summed E-state index contributed by atoms with van der Waals surface area (Å²) >= 11 is 0. The van der Waals surface area contributed by atoms with E-state index in [1.54, 1.807) is 0 Å². The van der Waals surface area contributed by atoms with Crippen molar-refractivity contribution in [1.82, 2.24) is 0 Å². The highest BCUT2D eigenvalue weighted by molar-refractivity contribution is 7.91. The van der Waals surface area contributed by atoms with Gasteiger partial charge in [0.2, 0.25) is 0 Å². The van der Waals surface area contributed by atoms with E-state index in [2.05, 4.69) is 0 Å². The molecule has 1 unspecified atom stereocenters. The van der Waals surface area contributed by atoms with Crippen LogP contribution in [0, 0.1) is 5.41 Å². The van der Waals surface area contributed by atoms with Crippen LogP contribution in [0.4, 0.5) is 0 Å². The lowest BCUT2D eigenvalue weighted by Crippen LogP contribution is -2.33. The van der Waals surface area contributed by atoms with Crippen LogP contribution in [-0.2, 0) is 19.7 Å². The van der Waals surface area contributed by atoms with Crippen LogP contribution in [0.25, 0.3) is 0 Å². The first-order valence-electron chi connectivity index (χ1n) is 4.76. The first kappa shape index (κ1) is 12.9. The maximum Gasteiger partial charge on any atom is 0.150 e. The predicted octanol–water partition coefficient (Wildman–Crippen LogP) is -0.815. The van der Waals surface area contributed by atoms with E-state index in [-0.39, 0.29) is 23.8 Å². The van der Waals surface area contributed by atoms with Crippen LogP contribution in [-0.4, -0.2) is 46.9 Å². The van der Waals surface area contributed by atoms with Gasteiger partial charge in [-0.3, -0.25) is 0 Å². The van der Waals surface area contributed by atoms with Gasteiger partial charge in [-0.15, -0.1) is 0 Å². The van der Waals surface area contributed by atoms with Crippen molar-refractivity contribution in [2.24, 2.45) is 11.1 Å². The van der Waals surface area contributed by atoms with E-state index in [9.17, 15) is 16.8 Å². The van der Waals surface area contributed by atoms with Crippen LogP contribution in [0.15, 0.2) is 0 Å². The first-order chi connectivity index (χ1) is 6.68. The second kappa shape index (κ2) is 4.03. The summed E-state index contributed by atoms with van der Waals surface area (Å²) < 4.78 is 44.7. The van der Waals surface area contributed by atoms with Crippen molar-refractivity contribution in [2.75, 3.05) is 30.1 Å². The van der Waals surface area contributed by atoms with Crippen LogP contribution < -0.4 is 5.73 Å². The van der Waals surface area contributed by atoms with Crippen LogP contribution in [0.5, 0.6) is 0 Å². The molecule has 0 radical (unpaired) electrons. The number of hydrogen-bond acceptors (Lipinski definition) is 5. The number of sulfone groups is 2. The van der Waals surface area contributed by atoms with Crippen molar-refractivity contribution in [1.29, 1.82) is 0 Å². The number of nitrogens with two attached hydrogens (primary N) is 1. The lowest BCUT2D eigenvalue weighted by atomic mass is 9.85. The van der Waals surface area contributed by atoms with Crippen molar-refractivity contribution < 1.29 is 16.8 Å². The Morgan fingerprint density at radius 1 is 1.40 bits per heavy atom. The molecule has 0 bridgehead atoms. The second-order valence-corrected chi connectivity index (χ2v) is 8.87. The van der Waals surface area contributed by atoms with Gasteiger partial charge < -0.3 is 5.73 Å². The summed E-state index contributed by atoms with van der Waals surface area (Å²) in [6.45, 7) is 0.238. The Balaban J connectivity index is 2.73. The fourth-order valence-corrected chi connectivity index (χ4v) is 4.88. The molecule has 0 aliphatic carbocycles. The zero-order chi connectivity index (χ0) is 11.7. The van der Waals surface area contributed by atoms with Gasteiger partial charge >= 0.3 is 0 Å². The minimum atomic E-state index is -3.05. The van der Waals surface area contributed by atoms with E-state index in [1.807, 2.05) is 0 Å². The highest BCUT2D eigenvalue weighted by atomic mass is 32.2. The fourth-order valence-electron chi connectivity index (χ4n) is 1.84. The van der Waals surface area contributed by atoms with E-state index in [4.69, 9.17) is 5.73 Å². The molecule has 0 saturated carbocycles. The Hall–Kier alpha value is -0.140. The Bertz CT molecular complexity index is 426. The monoisotopic (exact) mass is 255 g/mol. The van der Waals surface area contributed by atoms with Gasteiger partial charge in [-0.1, -0.05) is 0 Å². The van der Waals surface area contributed by atoms with Gasteiger partial charge in [0.25, 0.3) is 0 Å². The molecule has 1 fully saturated rings. The Labute approximate surface area is 90.9 Å². The topological polar surface area (TPSA) is 94.3 Å². The largest absolute Gasteiger partial charge is 0.330 e. The summed E-state index contributed by atoms with van der Waals surface area (Å²) in [6, 6.07) is 0. The van der Waals surface area contributed by atoms with E-state index >= 15 is 0 Å². The SMILES string of the molecule is CS(=O)(=O)CCC1(CN)CCS(=O)(=O)C1. The Morgan fingerprint density at radius 3 is 2.33 bits per heavy atom. The quantitative estimate of drug-likeness (QED) is 0.708. The summed E-state index contributed by atoms with van der Waals surface area (Å²) in [4.78, 5) is 0. The van der Waals surface area contributed by atoms with Crippen molar-refractivity contribution >= 4 is 19.7 Å². The molecule has 1 aliphatic rings. The highest BCUT2D eigenvalue weighted by Gasteiger charge is 2.41. The predicted molar refractivity (Wildman–Crippen MR) is 59.1 cm³/mol. The van der Waals surface area contributed by atoms with Gasteiger partial charge in [-0.2, -0.15) is 0 Å². The third-order valence-corrected chi connectivity index (χ3v) is 5.73. The van der Waals surface area contributed by atoms with E-state index < -0.39 is 25.1 Å². The third kappa shape index (κ3) is 3.73. The average Bonchev–Trinajstić information content (AvgIpc) is 2.39. The normalized spacial score (nSPS) is 30.5. The molecule has 2 N–H and O–H groups in total. The molecule has 1 atom stereocenters. The molecule has 1 aliphatic heterocycles. The molecule has 15 heavy (non-hydrogen) atoms. The van der Waals surface area contributed by atoms with Gasteiger partial charge in [0.05, 0.1) is 17.3 Å². The molecule has 0 amide bonds. The highest BCUT2D eigenvalue weighted by Crippen LogP contribution is 2.34. The molecule has 7 heteroatoms. The Kier molecular flexibility index (Phi) is 3.47. The summed E-state index contributed by atoms with van der Waals surface area (Å²) in [6.07, 6.45) is 1.99. The smallest absolute Gasteiger partial charge is 0.150 e. The lowest BCUT2D eigenvalue weighted by molar-refractivity contribution is 0.334. The van der Waals surface area contributed by atoms with Crippen LogP contribution >= 0.6 is 0 Å². The Morgan fingerprint density at radius 2 is 2.00 bits per heavy atom. The van der Waals surface area contributed by atoms with Gasteiger partial charge in [0.1, 0.15) is 9.84 Å². The molecule has 0 aromatic carbocycles. The van der Waals surface area contributed by atoms with Crippen LogP contribution in [0.3, 0.4) is 0 Å². The van der Waals surface area contributed by atoms with Crippen molar-refractivity contribution in [2.45, 2.75) is 12.8 Å². The third-order valence-electron chi connectivity index (χ3n) is 2.91. The maximum atomic E-state index is 11.3. The second-order valence-electron chi connectivity index (χ2n) is 4.43. The van der Waals surface area contributed by atoms with Crippen LogP contribution in [0.2, 0.25) is 0 Å². The van der Waals surface area contributed by atoms with E-state index in [1.165, 1.54) is 0 Å². The molecule has 5 nitrogen and oxygen atoms in total. The molecule has 0 aromatic rings. The summed E-state index contributed by atoms with van der Waals surface area (Å²) in [7, 11) is -6.06. The molecule has 1 heterocycles. The molecule has 0 spiro atoms. The van der Waals surface area contributed by atoms with Gasteiger partial charge in [-0.25, -0.2) is 16.8 Å². The maximum absolute atomic E-state index is 11.3. The lowest BCUT2D eigenvalue weighted by Gasteiger charge is -2.24. The van der Waals surface area contributed by atoms with Crippen LogP contribution in [0.1, 0.15) is 12.8 Å². The fraction of sp³-hybridized carbons (Fsp3) is 1.00. The first-order valence-corrected chi connectivity index (χ1v) is 8.65. The van der Waals surface area contributed by atoms with Gasteiger partial charge in [0, 0.05) is 6.26 Å². The number of hydrogen-bond donors (Lipinski definition) is 1. The molecular weight excluding hydrogens is 238 g/mol. The molecule has 90 valence electrons. The van der Waals surface area contributed by atoms with Crippen molar-refractivity contribution in [3.63, 3.8) is 0 Å². The average molecular weight is 255 g/mol. The standard InChI is InChI=1S/C8H17NO4S2/c1-14(10,11)4-2-8(6-9)3-5-15(12,13)7-8/h2-7,9H2,1H3. The zero-order valence-electron chi connectivity index (χ0n) is 8.77. The molecule has 1 rings (SSSR count). The molecule has 1 saturated heterocycles. The number of rotatable bonds is 4. The minimum absolute atomic E-state index is 0.0136. The van der Waals surface area contributed by atoms with Gasteiger partial charge in [-0.05, 0) is 24.8 Å². The molecule has 0 aromatic heterocycles. The van der Waals surface area contributed by atoms with Crippen molar-refractivity contribution in [3.05, 3.63) is 0 Å². The minimum Gasteiger partial charge on any atom is -0.330 e.